The maximum Gasteiger partial charge on any atom is 0.410 e. The zero-order valence-electron chi connectivity index (χ0n) is 26.8. The monoisotopic (exact) mass is 678 g/mol. The predicted molar refractivity (Wildman–Crippen MR) is 166 cm³/mol. The first-order valence-corrected chi connectivity index (χ1v) is 14.8. The van der Waals surface area contributed by atoms with Gasteiger partial charge < -0.3 is 34.9 Å². The van der Waals surface area contributed by atoms with Gasteiger partial charge in [-0.15, -0.1) is 0 Å². The first-order valence-electron chi connectivity index (χ1n) is 14.8. The van der Waals surface area contributed by atoms with Gasteiger partial charge in [0.1, 0.15) is 35.4 Å². The molecule has 16 heteroatoms. The molecule has 0 saturated carbocycles. The Bertz CT molecular complexity index is 1760. The van der Waals surface area contributed by atoms with Crippen molar-refractivity contribution in [2.75, 3.05) is 39.1 Å². The van der Waals surface area contributed by atoms with Crippen molar-refractivity contribution in [1.82, 2.24) is 25.1 Å². The smallest absolute Gasteiger partial charge is 0.410 e. The van der Waals surface area contributed by atoms with E-state index in [0.717, 1.165) is 17.0 Å². The number of carbonyl (C=O) groups is 3. The number of carbonyl (C=O) groups excluding carboxylic acids is 3. The van der Waals surface area contributed by atoms with Gasteiger partial charge in [0.15, 0.2) is 0 Å². The molecule has 3 N–H and O–H groups in total. The van der Waals surface area contributed by atoms with Crippen molar-refractivity contribution in [2.24, 2.45) is 0 Å². The molecular weight excluding hydrogens is 643 g/mol. The second-order valence-electron chi connectivity index (χ2n) is 12.0. The summed E-state index contributed by atoms with van der Waals surface area (Å²) in [5.74, 6) is 3.47. The Morgan fingerprint density at radius 3 is 2.44 bits per heavy atom. The number of halogens is 5. The quantitative estimate of drug-likeness (QED) is 0.246. The number of nitrogens with zero attached hydrogens (tertiary/aromatic N) is 3. The van der Waals surface area contributed by atoms with Crippen molar-refractivity contribution in [1.29, 1.82) is 0 Å². The van der Waals surface area contributed by atoms with Crippen molar-refractivity contribution in [3.8, 4) is 17.6 Å². The van der Waals surface area contributed by atoms with Gasteiger partial charge in [-0.05, 0) is 45.4 Å². The highest BCUT2D eigenvalue weighted by Gasteiger charge is 2.35. The van der Waals surface area contributed by atoms with Crippen LogP contribution in [-0.4, -0.2) is 90.1 Å². The first-order chi connectivity index (χ1) is 22.5. The Morgan fingerprint density at radius 1 is 1.08 bits per heavy atom. The number of aromatic nitrogens is 2. The van der Waals surface area contributed by atoms with E-state index in [1.807, 2.05) is 0 Å². The number of hydrogen-bond acceptors (Lipinski definition) is 7. The third-order valence-corrected chi connectivity index (χ3v) is 7.19. The fourth-order valence-electron chi connectivity index (χ4n) is 4.99. The van der Waals surface area contributed by atoms with Crippen molar-refractivity contribution < 1.29 is 45.8 Å². The molecule has 2 atom stereocenters. The number of imidazole rings is 1. The number of piperidine rings is 1. The van der Waals surface area contributed by atoms with Crippen molar-refractivity contribution in [3.63, 3.8) is 0 Å². The molecule has 0 aliphatic carbocycles. The topological polar surface area (TPSA) is 127 Å². The Kier molecular flexibility index (Phi) is 10.7. The number of nitrogens with one attached hydrogen (secondary N) is 3. The highest BCUT2D eigenvalue weighted by molar-refractivity contribution is 6.05. The average Bonchev–Trinajstić information content (AvgIpc) is 3.39. The summed E-state index contributed by atoms with van der Waals surface area (Å²) in [4.78, 5) is 43.0. The van der Waals surface area contributed by atoms with Crippen LogP contribution >= 0.6 is 0 Å². The standard InChI is InChI=1S/C32H35F5N6O5/c1-31(2,3)48-30(46)42-10-8-23(22(34)15-42)41-29(45)20-11-18(12-25-27(20)40-17-43(25)16-32(35,36)37)7-6-9-39-24-14-21(33)19(28(44)38-4)13-26(24)47-5/h11-14,17,22-23,39H,8-10,15-16H2,1-5H3,(H,38,44)(H,41,45)/t22-,23-/m0/s1. The Hall–Kier alpha value is -5.07. The van der Waals surface area contributed by atoms with E-state index in [-0.39, 0.29) is 65.2 Å². The van der Waals surface area contributed by atoms with Gasteiger partial charge in [0.25, 0.3) is 11.8 Å². The summed E-state index contributed by atoms with van der Waals surface area (Å²) in [5.41, 5.74) is -0.851. The van der Waals surface area contributed by atoms with Crippen LogP contribution in [0, 0.1) is 17.7 Å². The van der Waals surface area contributed by atoms with Crippen LogP contribution in [0.1, 0.15) is 53.5 Å². The van der Waals surface area contributed by atoms with E-state index in [0.29, 0.717) is 0 Å². The number of alkyl halides is 4. The lowest BCUT2D eigenvalue weighted by Gasteiger charge is -2.35. The number of amides is 3. The molecule has 0 radical (unpaired) electrons. The van der Waals surface area contributed by atoms with E-state index in [2.05, 4.69) is 32.8 Å². The van der Waals surface area contributed by atoms with Gasteiger partial charge in [0.2, 0.25) is 0 Å². The summed E-state index contributed by atoms with van der Waals surface area (Å²) in [6.45, 7) is 3.37. The van der Waals surface area contributed by atoms with E-state index in [1.165, 1.54) is 37.3 Å². The normalized spacial score (nSPS) is 16.5. The maximum atomic E-state index is 15.2. The summed E-state index contributed by atoms with van der Waals surface area (Å²) in [6.07, 6.45) is -5.90. The SMILES string of the molecule is CNC(=O)c1cc(OC)c(NCC#Cc2cc(C(=O)N[C@H]3CCN(C(=O)OC(C)(C)C)C[C@@H]3F)c3ncn(CC(F)(F)F)c3c2)cc1F. The van der Waals surface area contributed by atoms with Crippen molar-refractivity contribution in [3.05, 3.63) is 53.1 Å². The van der Waals surface area contributed by atoms with Gasteiger partial charge >= 0.3 is 12.3 Å². The molecule has 11 nitrogen and oxygen atoms in total. The van der Waals surface area contributed by atoms with Crippen LogP contribution < -0.4 is 20.7 Å². The number of rotatable bonds is 7. The highest BCUT2D eigenvalue weighted by atomic mass is 19.4. The summed E-state index contributed by atoms with van der Waals surface area (Å²) in [6, 6.07) is 3.96. The summed E-state index contributed by atoms with van der Waals surface area (Å²) in [5, 5.41) is 7.78. The Morgan fingerprint density at radius 2 is 1.81 bits per heavy atom. The molecular formula is C32H35F5N6O5. The number of benzene rings is 2. The van der Waals surface area contributed by atoms with E-state index in [9.17, 15) is 31.9 Å². The molecule has 2 heterocycles. The lowest BCUT2D eigenvalue weighted by atomic mass is 10.0. The number of ether oxygens (including phenoxy) is 2. The van der Waals surface area contributed by atoms with E-state index in [4.69, 9.17) is 9.47 Å². The Balaban J connectivity index is 1.57. The van der Waals surface area contributed by atoms with Crippen molar-refractivity contribution in [2.45, 2.75) is 57.7 Å². The fraction of sp³-hybridized carbons (Fsp3) is 0.438. The van der Waals surface area contributed by atoms with E-state index >= 15 is 4.39 Å². The van der Waals surface area contributed by atoms with Gasteiger partial charge in [0, 0.05) is 25.2 Å². The van der Waals surface area contributed by atoms with Crippen LogP contribution in [0.2, 0.25) is 0 Å². The van der Waals surface area contributed by atoms with Gasteiger partial charge in [-0.3, -0.25) is 9.59 Å². The summed E-state index contributed by atoms with van der Waals surface area (Å²) < 4.78 is 81.0. The van der Waals surface area contributed by atoms with Crippen LogP contribution in [-0.2, 0) is 11.3 Å². The molecule has 2 aromatic carbocycles. The number of anilines is 1. The zero-order valence-corrected chi connectivity index (χ0v) is 26.8. The fourth-order valence-corrected chi connectivity index (χ4v) is 4.99. The third kappa shape index (κ3) is 8.84. The number of fused-ring (bicyclic) bond motifs is 1. The molecule has 4 rings (SSSR count). The molecule has 3 aromatic rings. The third-order valence-electron chi connectivity index (χ3n) is 7.19. The minimum absolute atomic E-state index is 0.0256. The predicted octanol–water partition coefficient (Wildman–Crippen LogP) is 4.65. The van der Waals surface area contributed by atoms with E-state index < -0.39 is 54.3 Å². The highest BCUT2D eigenvalue weighted by Crippen LogP contribution is 2.28. The average molecular weight is 679 g/mol. The zero-order chi connectivity index (χ0) is 35.4. The molecule has 0 unspecified atom stereocenters. The number of hydrogen-bond donors (Lipinski definition) is 3. The van der Waals surface area contributed by atoms with Gasteiger partial charge in [-0.25, -0.2) is 18.6 Å². The molecule has 1 aromatic heterocycles. The molecule has 1 fully saturated rings. The van der Waals surface area contributed by atoms with Crippen molar-refractivity contribution >= 4 is 34.6 Å². The Labute approximate surface area is 273 Å². The van der Waals surface area contributed by atoms with Crippen LogP contribution in [0.4, 0.5) is 32.4 Å². The lowest BCUT2D eigenvalue weighted by molar-refractivity contribution is -0.140. The first kappa shape index (κ1) is 35.8. The maximum absolute atomic E-state index is 15.2. The number of methoxy groups -OCH3 is 1. The summed E-state index contributed by atoms with van der Waals surface area (Å²) in [7, 11) is 2.69. The second kappa shape index (κ2) is 14.4. The lowest BCUT2D eigenvalue weighted by Crippen LogP contribution is -2.54. The van der Waals surface area contributed by atoms with Gasteiger partial charge in [-0.1, -0.05) is 11.8 Å². The van der Waals surface area contributed by atoms with Crippen LogP contribution in [0.15, 0.2) is 30.6 Å². The molecule has 1 aliphatic rings. The van der Waals surface area contributed by atoms with Crippen LogP contribution in [0.5, 0.6) is 5.75 Å². The molecule has 1 aliphatic heterocycles. The molecule has 48 heavy (non-hydrogen) atoms. The second-order valence-corrected chi connectivity index (χ2v) is 12.0. The molecule has 0 spiro atoms. The number of likely N-dealkylation sites (tertiary alicyclic amines) is 1. The van der Waals surface area contributed by atoms with Crippen LogP contribution in [0.25, 0.3) is 11.0 Å². The minimum atomic E-state index is -4.59. The van der Waals surface area contributed by atoms with Gasteiger partial charge in [-0.2, -0.15) is 13.2 Å². The molecule has 1 saturated heterocycles. The largest absolute Gasteiger partial charge is 0.495 e. The molecule has 258 valence electrons. The summed E-state index contributed by atoms with van der Waals surface area (Å²) >= 11 is 0. The minimum Gasteiger partial charge on any atom is -0.495 e. The van der Waals surface area contributed by atoms with Crippen LogP contribution in [0.3, 0.4) is 0 Å². The van der Waals surface area contributed by atoms with E-state index in [1.54, 1.807) is 20.8 Å². The van der Waals surface area contributed by atoms with Gasteiger partial charge in [0.05, 0.1) is 54.9 Å². The molecule has 3 amide bonds. The molecule has 0 bridgehead atoms.